The third-order valence-electron chi connectivity index (χ3n) is 20.9. The maximum Gasteiger partial charge on any atom is 0.417 e. The van der Waals surface area contributed by atoms with Crippen molar-refractivity contribution in [3.63, 3.8) is 0 Å². The molecule has 9 unspecified atom stereocenters. The summed E-state index contributed by atoms with van der Waals surface area (Å²) in [6.07, 6.45) is 5.13. The number of alkyl halides is 9. The van der Waals surface area contributed by atoms with Crippen molar-refractivity contribution in [2.24, 2.45) is 17.8 Å². The Bertz CT molecular complexity index is 4700. The van der Waals surface area contributed by atoms with Crippen LogP contribution < -0.4 is 0 Å². The first kappa shape index (κ1) is 72.1. The molecule has 31 heteroatoms. The summed E-state index contributed by atoms with van der Waals surface area (Å²) in [6, 6.07) is 9.63. The van der Waals surface area contributed by atoms with Gasteiger partial charge in [-0.05, 0) is 187 Å². The molecule has 6 fully saturated rings. The zero-order valence-corrected chi connectivity index (χ0v) is 55.9. The molecule has 0 N–H and O–H groups in total. The first-order valence-electron chi connectivity index (χ1n) is 33.5. The molecular weight excluding hydrogens is 1390 g/mol. The van der Waals surface area contributed by atoms with Crippen molar-refractivity contribution in [2.45, 2.75) is 160 Å². The predicted molar refractivity (Wildman–Crippen MR) is 345 cm³/mol. The lowest BCUT2D eigenvalue weighted by Gasteiger charge is -2.26. The molecule has 3 amide bonds. The minimum absolute atomic E-state index is 0.00868. The van der Waals surface area contributed by atoms with Crippen molar-refractivity contribution in [3.8, 4) is 28.5 Å². The Morgan fingerprint density at radius 3 is 1.26 bits per heavy atom. The average molecular weight is 1450 g/mol. The monoisotopic (exact) mass is 1450 g/mol. The number of carbonyl (C=O) groups is 3. The van der Waals surface area contributed by atoms with Crippen LogP contribution in [0.2, 0.25) is 0 Å². The van der Waals surface area contributed by atoms with Crippen LogP contribution in [0.3, 0.4) is 0 Å². The third-order valence-corrected chi connectivity index (χ3v) is 20.9. The van der Waals surface area contributed by atoms with Crippen molar-refractivity contribution in [2.75, 3.05) is 0 Å². The van der Waals surface area contributed by atoms with Gasteiger partial charge < -0.3 is 14.7 Å². The maximum absolute atomic E-state index is 15.0. The summed E-state index contributed by atoms with van der Waals surface area (Å²) < 4.78 is 189. The van der Waals surface area contributed by atoms with Gasteiger partial charge in [0.2, 0.25) is 0 Å². The fraction of sp³-hybridized carbons (Fsp3) is 0.384. The van der Waals surface area contributed by atoms with Crippen LogP contribution in [0.5, 0.6) is 0 Å². The van der Waals surface area contributed by atoms with Gasteiger partial charge in [-0.1, -0.05) is 12.1 Å². The lowest BCUT2D eigenvalue weighted by molar-refractivity contribution is -0.138. The first-order valence-corrected chi connectivity index (χ1v) is 33.5. The molecule has 13 heterocycles. The lowest BCUT2D eigenvalue weighted by atomic mass is 9.85. The van der Waals surface area contributed by atoms with Gasteiger partial charge in [0.1, 0.15) is 34.7 Å². The highest BCUT2D eigenvalue weighted by atomic mass is 19.4. The third kappa shape index (κ3) is 14.1. The van der Waals surface area contributed by atoms with Crippen molar-refractivity contribution in [1.29, 1.82) is 0 Å². The van der Waals surface area contributed by atoms with Crippen molar-refractivity contribution in [3.05, 3.63) is 218 Å². The summed E-state index contributed by atoms with van der Waals surface area (Å²) in [5, 5.41) is 7.96. The van der Waals surface area contributed by atoms with E-state index in [1.807, 2.05) is 18.7 Å². The molecule has 104 heavy (non-hydrogen) atoms. The number of rotatable bonds is 12. The molecule has 0 radical (unpaired) electrons. The quantitative estimate of drug-likeness (QED) is 0.105. The summed E-state index contributed by atoms with van der Waals surface area (Å²) in [6.45, 7) is 7.11. The van der Waals surface area contributed by atoms with E-state index in [2.05, 4.69) is 50.1 Å². The van der Waals surface area contributed by atoms with E-state index < -0.39 is 64.3 Å². The van der Waals surface area contributed by atoms with E-state index >= 15 is 4.39 Å². The van der Waals surface area contributed by atoms with Gasteiger partial charge >= 0.3 is 18.5 Å². The Morgan fingerprint density at radius 2 is 0.837 bits per heavy atom. The largest absolute Gasteiger partial charge is 0.417 e. The molecule has 0 saturated carbocycles. The number of amides is 3. The summed E-state index contributed by atoms with van der Waals surface area (Å²) >= 11 is 0. The predicted octanol–water partition coefficient (Wildman–Crippen LogP) is 14.8. The summed E-state index contributed by atoms with van der Waals surface area (Å²) in [4.78, 5) is 80.1. The van der Waals surface area contributed by atoms with Crippen LogP contribution >= 0.6 is 0 Å². The van der Waals surface area contributed by atoms with E-state index in [0.29, 0.717) is 91.4 Å². The highest BCUT2D eigenvalue weighted by molar-refractivity contribution is 6.03. The van der Waals surface area contributed by atoms with E-state index in [4.69, 9.17) is 0 Å². The number of aromatic nitrogens is 11. The average Bonchev–Trinajstić information content (AvgIpc) is 1.59. The Labute approximate surface area is 585 Å². The Balaban J connectivity index is 0.000000139. The number of carbonyl (C=O) groups excluding carboxylic acids is 3. The second-order valence-corrected chi connectivity index (χ2v) is 27.0. The van der Waals surface area contributed by atoms with E-state index in [9.17, 15) is 71.5 Å². The number of nitrogens with zero attached hydrogens (tertiary/aromatic N) is 14. The molecule has 17 nitrogen and oxygen atoms in total. The van der Waals surface area contributed by atoms with Crippen LogP contribution in [0.25, 0.3) is 28.5 Å². The van der Waals surface area contributed by atoms with Gasteiger partial charge in [-0.25, -0.2) is 41.9 Å². The highest BCUT2D eigenvalue weighted by Crippen LogP contribution is 2.49. The number of pyridine rings is 4. The van der Waals surface area contributed by atoms with Gasteiger partial charge in [0.15, 0.2) is 17.5 Å². The minimum atomic E-state index is -4.68. The number of fused-ring (bicyclic) bond motifs is 6. The molecule has 15 rings (SSSR count). The Hall–Kier alpha value is -10.2. The summed E-state index contributed by atoms with van der Waals surface area (Å²) in [5.41, 5.74) is 0.376. The number of aryl methyl sites for hydroxylation is 3. The summed E-state index contributed by atoms with van der Waals surface area (Å²) in [5.74, 6) is -5.05. The van der Waals surface area contributed by atoms with E-state index in [0.717, 1.165) is 41.6 Å². The van der Waals surface area contributed by atoms with Crippen LogP contribution in [0.4, 0.5) is 61.5 Å². The van der Waals surface area contributed by atoms with Crippen LogP contribution in [-0.4, -0.2) is 124 Å². The molecule has 9 atom stereocenters. The van der Waals surface area contributed by atoms with Crippen LogP contribution in [0, 0.1) is 74.5 Å². The van der Waals surface area contributed by atoms with E-state index in [-0.39, 0.29) is 142 Å². The van der Waals surface area contributed by atoms with Crippen molar-refractivity contribution < 1.29 is 75.8 Å². The molecule has 2 aromatic carbocycles. The number of halogens is 14. The summed E-state index contributed by atoms with van der Waals surface area (Å²) in [7, 11) is 0. The maximum atomic E-state index is 15.0. The van der Waals surface area contributed by atoms with Crippen LogP contribution in [-0.2, 0) is 37.8 Å². The van der Waals surface area contributed by atoms with Gasteiger partial charge in [-0.3, -0.25) is 34.3 Å². The molecule has 6 bridgehead atoms. The topological polar surface area (TPSA) is 195 Å². The fourth-order valence-electron chi connectivity index (χ4n) is 15.9. The second kappa shape index (κ2) is 28.4. The molecule has 6 aliphatic rings. The standard InChI is InChI=1S/C25H21F5N4O.C25H23F4N5O.C23H20F5N5O/c1-13-3-5-17(26)22(23-31-7-2-8-32-23)21(13)24(35)34-16-4-6-20(34)14(9-16)10-19-18(27)11-15(12-33-19)25(28,29)30;1-13-11-33-22(21(14(13)2)23-30-6-3-7-31-23)24(35)34-17-4-5-20(34)15(8-17)9-19-18(26)10-16(12-32-19)25(27,28)29;1-12-2-4-16(21(20(12)25)33-30-6-7-31-33)22(34)32-15-3-5-19(32)13(8-15)9-18-17(24)10-14(11-29-18)23(26,27)28/h2-3,5,7-8,11-12,14,16,20H,4,6,9-10H2,1H3;3,6-7,10-12,15,17,20H,4-5,8-9H2,1-2H3;2,4,6-7,10-11,13,15,19H,3,5,8-9H2,1H3. The van der Waals surface area contributed by atoms with Crippen molar-refractivity contribution in [1.82, 2.24) is 69.6 Å². The number of hydrogen-bond acceptors (Lipinski definition) is 13. The van der Waals surface area contributed by atoms with E-state index in [1.165, 1.54) is 43.0 Å². The zero-order valence-electron chi connectivity index (χ0n) is 55.9. The normalized spacial score (nSPS) is 21.7. The molecule has 0 aliphatic carbocycles. The number of benzene rings is 2. The van der Waals surface area contributed by atoms with Gasteiger partial charge in [0.05, 0.1) is 68.4 Å². The van der Waals surface area contributed by atoms with Gasteiger partial charge in [0.25, 0.3) is 17.7 Å². The molecule has 542 valence electrons. The smallest absolute Gasteiger partial charge is 0.332 e. The Kier molecular flexibility index (Phi) is 19.7. The highest BCUT2D eigenvalue weighted by Gasteiger charge is 2.53. The van der Waals surface area contributed by atoms with Crippen LogP contribution in [0.1, 0.15) is 145 Å². The zero-order chi connectivity index (χ0) is 74.0. The van der Waals surface area contributed by atoms with Gasteiger partial charge in [-0.2, -0.15) is 49.7 Å². The minimum Gasteiger partial charge on any atom is -0.332 e. The van der Waals surface area contributed by atoms with E-state index in [1.54, 1.807) is 60.4 Å². The Morgan fingerprint density at radius 1 is 0.433 bits per heavy atom. The molecule has 7 aromatic heterocycles. The van der Waals surface area contributed by atoms with Crippen LogP contribution in [0.15, 0.2) is 117 Å². The second-order valence-electron chi connectivity index (χ2n) is 27.0. The molecule has 9 aromatic rings. The van der Waals surface area contributed by atoms with Gasteiger partial charge in [-0.15, -0.1) is 4.80 Å². The fourth-order valence-corrected chi connectivity index (χ4v) is 15.9. The number of hydrogen-bond donors (Lipinski definition) is 0. The first-order chi connectivity index (χ1) is 49.4. The molecular formula is C73H64F14N14O3. The molecule has 6 saturated heterocycles. The van der Waals surface area contributed by atoms with Gasteiger partial charge in [0, 0.05) is 85.8 Å². The van der Waals surface area contributed by atoms with Crippen molar-refractivity contribution >= 4 is 17.7 Å². The molecule has 0 spiro atoms. The molecule has 6 aliphatic heterocycles. The SMILES string of the molecule is Cc1ccc(C(=O)N2C3CCC2C(Cc2ncc(C(F)(F)F)cc2F)C3)c(-n2nccn2)c1F.Cc1ccc(F)c(-c2ncccn2)c1C(=O)N1C2CCC1C(Cc1ncc(C(F)(F)F)cc1F)C2.Cc1cnc(C(=O)N2C3CCC2C(Cc2ncc(C(F)(F)F)cc2F)C3)c(-c2ncccn2)c1C. The lowest BCUT2D eigenvalue weighted by Crippen LogP contribution is -2.37.